The first kappa shape index (κ1) is 15.8. The van der Waals surface area contributed by atoms with E-state index in [1.54, 1.807) is 49.4 Å². The molecule has 1 aromatic heterocycles. The van der Waals surface area contributed by atoms with E-state index in [2.05, 4.69) is 10.1 Å². The summed E-state index contributed by atoms with van der Waals surface area (Å²) in [6.45, 7) is 1.74. The monoisotopic (exact) mass is 323 g/mol. The number of benzene rings is 2. The first-order chi connectivity index (χ1) is 11.6. The summed E-state index contributed by atoms with van der Waals surface area (Å²) in [5.74, 6) is 0.0573. The zero-order valence-corrected chi connectivity index (χ0v) is 13.1. The number of aliphatic hydroxyl groups is 1. The molecule has 0 spiro atoms. The second kappa shape index (κ2) is 6.55. The molecule has 0 bridgehead atoms. The number of aromatic hydroxyl groups is 1. The van der Waals surface area contributed by atoms with Crippen LogP contribution < -0.4 is 5.56 Å². The van der Waals surface area contributed by atoms with Gasteiger partial charge in [-0.3, -0.25) is 14.9 Å². The largest absolute Gasteiger partial charge is 0.506 e. The van der Waals surface area contributed by atoms with E-state index in [9.17, 15) is 9.90 Å². The fourth-order valence-electron chi connectivity index (χ4n) is 2.35. The van der Waals surface area contributed by atoms with E-state index in [0.29, 0.717) is 22.6 Å². The van der Waals surface area contributed by atoms with Gasteiger partial charge in [0.05, 0.1) is 17.9 Å². The van der Waals surface area contributed by atoms with Crippen LogP contribution in [0.3, 0.4) is 0 Å². The molecule has 0 aliphatic rings. The number of aliphatic hydroxyl groups excluding tert-OH is 1. The molecule has 0 fully saturated rings. The average molecular weight is 323 g/mol. The predicted octanol–water partition coefficient (Wildman–Crippen LogP) is 2.42. The number of rotatable bonds is 4. The van der Waals surface area contributed by atoms with Crippen molar-refractivity contribution < 1.29 is 10.2 Å². The molecular weight excluding hydrogens is 306 g/mol. The van der Waals surface area contributed by atoms with Crippen LogP contribution in [0, 0.1) is 6.92 Å². The molecule has 3 aromatic rings. The minimum absolute atomic E-state index is 0.0442. The smallest absolute Gasteiger partial charge is 0.280 e. The fourth-order valence-corrected chi connectivity index (χ4v) is 2.35. The topological polar surface area (TPSA) is 90.6 Å². The van der Waals surface area contributed by atoms with Crippen molar-refractivity contribution in [2.45, 2.75) is 13.5 Å². The molecule has 6 heteroatoms. The van der Waals surface area contributed by atoms with E-state index in [4.69, 9.17) is 5.11 Å². The number of H-pyrrole nitrogens is 1. The maximum absolute atomic E-state index is 12.6. The number of aryl methyl sites for hydroxylation is 1. The molecule has 2 aromatic carbocycles. The van der Waals surface area contributed by atoms with Gasteiger partial charge in [-0.25, -0.2) is 4.68 Å². The molecule has 0 atom stereocenters. The molecule has 1 heterocycles. The third-order valence-electron chi connectivity index (χ3n) is 3.71. The highest BCUT2D eigenvalue weighted by Gasteiger charge is 2.11. The van der Waals surface area contributed by atoms with Crippen molar-refractivity contribution in [3.63, 3.8) is 0 Å². The van der Waals surface area contributed by atoms with Crippen molar-refractivity contribution in [3.05, 3.63) is 75.7 Å². The standard InChI is InChI=1S/C18H17N3O3/c1-12-15(10-19-16-4-2-3-5-17(16)23)18(24)21(20-12)14-8-6-13(11-22)7-9-14/h2-10,20,22-23H,11H2,1H3. The van der Waals surface area contributed by atoms with Crippen LogP contribution in [-0.2, 0) is 6.61 Å². The molecule has 24 heavy (non-hydrogen) atoms. The number of hydrogen-bond acceptors (Lipinski definition) is 4. The first-order valence-electron chi connectivity index (χ1n) is 7.44. The number of phenolic OH excluding ortho intramolecular Hbond substituents is 1. The Hall–Kier alpha value is -3.12. The minimum Gasteiger partial charge on any atom is -0.506 e. The average Bonchev–Trinajstić information content (AvgIpc) is 2.89. The van der Waals surface area contributed by atoms with E-state index in [1.807, 2.05) is 0 Å². The molecule has 0 aliphatic heterocycles. The van der Waals surface area contributed by atoms with Gasteiger partial charge in [-0.05, 0) is 36.8 Å². The predicted molar refractivity (Wildman–Crippen MR) is 92.4 cm³/mol. The van der Waals surface area contributed by atoms with Gasteiger partial charge in [-0.1, -0.05) is 24.3 Å². The molecule has 0 aliphatic carbocycles. The van der Waals surface area contributed by atoms with Crippen LogP contribution in [0.5, 0.6) is 5.75 Å². The molecule has 122 valence electrons. The zero-order valence-electron chi connectivity index (χ0n) is 13.1. The zero-order chi connectivity index (χ0) is 17.1. The van der Waals surface area contributed by atoms with Crippen LogP contribution in [0.15, 0.2) is 58.3 Å². The minimum atomic E-state index is -0.233. The lowest BCUT2D eigenvalue weighted by atomic mass is 10.2. The molecule has 6 nitrogen and oxygen atoms in total. The van der Waals surface area contributed by atoms with Gasteiger partial charge in [-0.2, -0.15) is 0 Å². The van der Waals surface area contributed by atoms with Crippen molar-refractivity contribution >= 4 is 11.9 Å². The number of aromatic amines is 1. The van der Waals surface area contributed by atoms with Gasteiger partial charge < -0.3 is 10.2 Å². The maximum atomic E-state index is 12.6. The maximum Gasteiger partial charge on any atom is 0.280 e. The van der Waals surface area contributed by atoms with E-state index in [0.717, 1.165) is 5.56 Å². The summed E-state index contributed by atoms with van der Waals surface area (Å²) in [6.07, 6.45) is 1.45. The summed E-state index contributed by atoms with van der Waals surface area (Å²) in [7, 11) is 0. The van der Waals surface area contributed by atoms with Gasteiger partial charge in [-0.15, -0.1) is 0 Å². The number of para-hydroxylation sites is 2. The van der Waals surface area contributed by atoms with Crippen LogP contribution in [0.2, 0.25) is 0 Å². The normalized spacial score (nSPS) is 11.2. The van der Waals surface area contributed by atoms with E-state index >= 15 is 0 Å². The van der Waals surface area contributed by atoms with Gasteiger partial charge >= 0.3 is 0 Å². The van der Waals surface area contributed by atoms with Crippen LogP contribution in [0.4, 0.5) is 5.69 Å². The number of hydrogen-bond donors (Lipinski definition) is 3. The molecule has 0 amide bonds. The van der Waals surface area contributed by atoms with Crippen LogP contribution in [0.25, 0.3) is 5.69 Å². The van der Waals surface area contributed by atoms with Gasteiger partial charge in [0.15, 0.2) is 0 Å². The van der Waals surface area contributed by atoms with E-state index in [-0.39, 0.29) is 17.9 Å². The van der Waals surface area contributed by atoms with Gasteiger partial charge in [0.2, 0.25) is 0 Å². The van der Waals surface area contributed by atoms with Crippen LogP contribution in [0.1, 0.15) is 16.8 Å². The van der Waals surface area contributed by atoms with Crippen molar-refractivity contribution in [3.8, 4) is 11.4 Å². The highest BCUT2D eigenvalue weighted by molar-refractivity contribution is 5.83. The third-order valence-corrected chi connectivity index (χ3v) is 3.71. The van der Waals surface area contributed by atoms with E-state index < -0.39 is 0 Å². The van der Waals surface area contributed by atoms with Crippen molar-refractivity contribution in [2.24, 2.45) is 4.99 Å². The Balaban J connectivity index is 1.97. The Morgan fingerprint density at radius 3 is 2.54 bits per heavy atom. The van der Waals surface area contributed by atoms with Crippen molar-refractivity contribution in [2.75, 3.05) is 0 Å². The number of nitrogens with one attached hydrogen (secondary N) is 1. The van der Waals surface area contributed by atoms with Gasteiger partial charge in [0.25, 0.3) is 5.56 Å². The first-order valence-corrected chi connectivity index (χ1v) is 7.44. The SMILES string of the molecule is Cc1[nH]n(-c2ccc(CO)cc2)c(=O)c1C=Nc1ccccc1O. The van der Waals surface area contributed by atoms with Crippen LogP contribution in [-0.4, -0.2) is 26.2 Å². The number of phenols is 1. The Bertz CT molecular complexity index is 937. The molecule has 0 saturated heterocycles. The summed E-state index contributed by atoms with van der Waals surface area (Å²) >= 11 is 0. The lowest BCUT2D eigenvalue weighted by molar-refractivity contribution is 0.282. The second-order valence-electron chi connectivity index (χ2n) is 5.36. The van der Waals surface area contributed by atoms with Crippen LogP contribution >= 0.6 is 0 Å². The van der Waals surface area contributed by atoms with Crippen molar-refractivity contribution in [1.29, 1.82) is 0 Å². The molecule has 3 N–H and O–H groups in total. The Labute approximate surface area is 138 Å². The molecular formula is C18H17N3O3. The summed E-state index contributed by atoms with van der Waals surface area (Å²) in [6, 6.07) is 13.7. The fraction of sp³-hybridized carbons (Fsp3) is 0.111. The molecule has 0 saturated carbocycles. The van der Waals surface area contributed by atoms with Gasteiger partial charge in [0.1, 0.15) is 11.4 Å². The quantitative estimate of drug-likeness (QED) is 0.644. The number of aromatic nitrogens is 2. The summed E-state index contributed by atoms with van der Waals surface area (Å²) in [4.78, 5) is 16.8. The Morgan fingerprint density at radius 2 is 1.88 bits per heavy atom. The Morgan fingerprint density at radius 1 is 1.17 bits per heavy atom. The number of aliphatic imine (C=N–C) groups is 1. The highest BCUT2D eigenvalue weighted by Crippen LogP contribution is 2.24. The number of nitrogens with zero attached hydrogens (tertiary/aromatic N) is 2. The highest BCUT2D eigenvalue weighted by atomic mass is 16.3. The molecule has 3 rings (SSSR count). The summed E-state index contributed by atoms with van der Waals surface area (Å²) in [5.41, 5.74) is 2.70. The lowest BCUT2D eigenvalue weighted by Crippen LogP contribution is -2.17. The molecule has 0 radical (unpaired) electrons. The lowest BCUT2D eigenvalue weighted by Gasteiger charge is -2.02. The second-order valence-corrected chi connectivity index (χ2v) is 5.36. The molecule has 0 unspecified atom stereocenters. The third kappa shape index (κ3) is 3.00. The summed E-state index contributed by atoms with van der Waals surface area (Å²) < 4.78 is 1.42. The van der Waals surface area contributed by atoms with E-state index in [1.165, 1.54) is 17.0 Å². The Kier molecular flexibility index (Phi) is 4.31. The summed E-state index contributed by atoms with van der Waals surface area (Å²) in [5, 5.41) is 21.8. The van der Waals surface area contributed by atoms with Crippen molar-refractivity contribution in [1.82, 2.24) is 9.78 Å². The van der Waals surface area contributed by atoms with Gasteiger partial charge in [0, 0.05) is 11.9 Å².